The molecule has 1 heterocycles. The van der Waals surface area contributed by atoms with Crippen molar-refractivity contribution >= 4 is 23.6 Å². The molecule has 0 aliphatic heterocycles. The van der Waals surface area contributed by atoms with Gasteiger partial charge >= 0.3 is 5.97 Å². The second-order valence-electron chi connectivity index (χ2n) is 5.24. The van der Waals surface area contributed by atoms with Gasteiger partial charge in [0.15, 0.2) is 5.16 Å². The van der Waals surface area contributed by atoms with Crippen molar-refractivity contribution in [1.29, 1.82) is 0 Å². The molecule has 128 valence electrons. The fraction of sp³-hybridized carbons (Fsp3) is 0.353. The minimum atomic E-state index is -0.265. The van der Waals surface area contributed by atoms with Gasteiger partial charge in [0.2, 0.25) is 5.91 Å². The van der Waals surface area contributed by atoms with E-state index in [9.17, 15) is 9.59 Å². The number of nitrogens with zero attached hydrogens (tertiary/aromatic N) is 2. The molecular formula is C17H21N3O3S. The summed E-state index contributed by atoms with van der Waals surface area (Å²) in [5, 5.41) is 3.56. The van der Waals surface area contributed by atoms with E-state index in [1.165, 1.54) is 24.4 Å². The third kappa shape index (κ3) is 5.42. The summed E-state index contributed by atoms with van der Waals surface area (Å²) >= 11 is 1.38. The Labute approximate surface area is 145 Å². The Morgan fingerprint density at radius 2 is 2.21 bits per heavy atom. The number of carbonyl (C=O) groups is 2. The number of benzene rings is 1. The number of nitrogens with one attached hydrogen (secondary N) is 1. The molecule has 0 aliphatic carbocycles. The van der Waals surface area contributed by atoms with Crippen LogP contribution in [0.25, 0.3) is 5.69 Å². The largest absolute Gasteiger partial charge is 0.469 e. The van der Waals surface area contributed by atoms with Crippen molar-refractivity contribution < 1.29 is 14.3 Å². The molecule has 1 N–H and O–H groups in total. The molecule has 0 radical (unpaired) electrons. The van der Waals surface area contributed by atoms with E-state index in [0.717, 1.165) is 10.8 Å². The first kappa shape index (κ1) is 18.1. The second kappa shape index (κ2) is 9.12. The molecule has 2 rings (SSSR count). The normalized spacial score (nSPS) is 10.4. The van der Waals surface area contributed by atoms with Gasteiger partial charge in [-0.15, -0.1) is 0 Å². The van der Waals surface area contributed by atoms with E-state index in [2.05, 4.69) is 21.1 Å². The number of aromatic nitrogens is 2. The van der Waals surface area contributed by atoms with E-state index >= 15 is 0 Å². The Kier molecular flexibility index (Phi) is 6.87. The summed E-state index contributed by atoms with van der Waals surface area (Å²) in [5.41, 5.74) is 2.19. The number of methoxy groups -OCH3 is 1. The first-order chi connectivity index (χ1) is 11.6. The van der Waals surface area contributed by atoms with Crippen LogP contribution < -0.4 is 5.32 Å². The summed E-state index contributed by atoms with van der Waals surface area (Å²) in [6.07, 6.45) is 4.48. The standard InChI is InChI=1S/C17H21N3O3S/c1-13-5-3-6-14(11-13)20-10-9-19-17(20)24-12-15(21)18-8-4-7-16(22)23-2/h3,5-6,9-11H,4,7-8,12H2,1-2H3,(H,18,21). The summed E-state index contributed by atoms with van der Waals surface area (Å²) in [7, 11) is 1.36. The van der Waals surface area contributed by atoms with Crippen molar-refractivity contribution in [3.05, 3.63) is 42.2 Å². The Morgan fingerprint density at radius 1 is 1.38 bits per heavy atom. The molecule has 0 aliphatic rings. The highest BCUT2D eigenvalue weighted by molar-refractivity contribution is 7.99. The summed E-state index contributed by atoms with van der Waals surface area (Å²) in [4.78, 5) is 27.2. The summed E-state index contributed by atoms with van der Waals surface area (Å²) in [6.45, 7) is 2.50. The van der Waals surface area contributed by atoms with Crippen molar-refractivity contribution in [2.75, 3.05) is 19.4 Å². The molecule has 7 heteroatoms. The Hall–Kier alpha value is -2.28. The number of thioether (sulfide) groups is 1. The second-order valence-corrected chi connectivity index (χ2v) is 6.18. The van der Waals surface area contributed by atoms with Crippen LogP contribution in [0.2, 0.25) is 0 Å². The van der Waals surface area contributed by atoms with Crippen LogP contribution >= 0.6 is 11.8 Å². The van der Waals surface area contributed by atoms with Crippen LogP contribution in [0, 0.1) is 6.92 Å². The molecular weight excluding hydrogens is 326 g/mol. The van der Waals surface area contributed by atoms with Crippen LogP contribution in [0.15, 0.2) is 41.8 Å². The third-order valence-electron chi connectivity index (χ3n) is 3.33. The average molecular weight is 347 g/mol. The molecule has 0 bridgehead atoms. The first-order valence-electron chi connectivity index (χ1n) is 7.67. The van der Waals surface area contributed by atoms with E-state index in [1.54, 1.807) is 6.20 Å². The van der Waals surface area contributed by atoms with Gasteiger partial charge in [-0.25, -0.2) is 4.98 Å². The molecule has 0 unspecified atom stereocenters. The minimum Gasteiger partial charge on any atom is -0.469 e. The highest BCUT2D eigenvalue weighted by Gasteiger charge is 2.09. The van der Waals surface area contributed by atoms with Gasteiger partial charge in [0.05, 0.1) is 12.9 Å². The monoisotopic (exact) mass is 347 g/mol. The number of rotatable bonds is 8. The topological polar surface area (TPSA) is 73.2 Å². The van der Waals surface area contributed by atoms with E-state index in [0.29, 0.717) is 19.4 Å². The molecule has 0 saturated carbocycles. The van der Waals surface area contributed by atoms with Crippen molar-refractivity contribution in [3.8, 4) is 5.69 Å². The number of ether oxygens (including phenoxy) is 1. The highest BCUT2D eigenvalue weighted by Crippen LogP contribution is 2.20. The van der Waals surface area contributed by atoms with Crippen molar-refractivity contribution in [2.45, 2.75) is 24.9 Å². The summed E-state index contributed by atoms with van der Waals surface area (Å²) < 4.78 is 6.51. The predicted molar refractivity (Wildman–Crippen MR) is 93.3 cm³/mol. The molecule has 2 aromatic rings. The fourth-order valence-corrected chi connectivity index (χ4v) is 2.92. The summed E-state index contributed by atoms with van der Waals surface area (Å²) in [6, 6.07) is 8.10. The lowest BCUT2D eigenvalue weighted by molar-refractivity contribution is -0.140. The van der Waals surface area contributed by atoms with Crippen LogP contribution in [-0.4, -0.2) is 40.8 Å². The van der Waals surface area contributed by atoms with Gasteiger partial charge in [-0.1, -0.05) is 23.9 Å². The lowest BCUT2D eigenvalue weighted by atomic mass is 10.2. The molecule has 1 amide bonds. The SMILES string of the molecule is COC(=O)CCCNC(=O)CSc1nccn1-c1cccc(C)c1. The first-order valence-corrected chi connectivity index (χ1v) is 8.65. The number of amides is 1. The van der Waals surface area contributed by atoms with Crippen LogP contribution in [-0.2, 0) is 14.3 Å². The van der Waals surface area contributed by atoms with Gasteiger partial charge in [0.1, 0.15) is 0 Å². The van der Waals surface area contributed by atoms with Crippen molar-refractivity contribution in [1.82, 2.24) is 14.9 Å². The van der Waals surface area contributed by atoms with E-state index < -0.39 is 0 Å². The Bertz CT molecular complexity index is 700. The van der Waals surface area contributed by atoms with Crippen LogP contribution in [0.4, 0.5) is 0 Å². The van der Waals surface area contributed by atoms with Gasteiger partial charge in [-0.2, -0.15) is 0 Å². The maximum absolute atomic E-state index is 11.9. The molecule has 6 nitrogen and oxygen atoms in total. The number of aryl methyl sites for hydroxylation is 1. The average Bonchev–Trinajstić information content (AvgIpc) is 3.05. The van der Waals surface area contributed by atoms with Crippen molar-refractivity contribution in [3.63, 3.8) is 0 Å². The highest BCUT2D eigenvalue weighted by atomic mass is 32.2. The van der Waals surface area contributed by atoms with Gasteiger partial charge in [0, 0.05) is 31.0 Å². The van der Waals surface area contributed by atoms with E-state index in [4.69, 9.17) is 0 Å². The van der Waals surface area contributed by atoms with Gasteiger partial charge in [-0.05, 0) is 31.0 Å². The van der Waals surface area contributed by atoms with E-state index in [1.807, 2.05) is 35.9 Å². The molecule has 24 heavy (non-hydrogen) atoms. The molecule has 1 aromatic carbocycles. The van der Waals surface area contributed by atoms with Gasteiger partial charge in [0.25, 0.3) is 0 Å². The number of carbonyl (C=O) groups excluding carboxylic acids is 2. The fourth-order valence-electron chi connectivity index (χ4n) is 2.11. The molecule has 0 atom stereocenters. The number of hydrogen-bond donors (Lipinski definition) is 1. The predicted octanol–water partition coefficient (Wildman–Crippen LogP) is 2.34. The van der Waals surface area contributed by atoms with Crippen LogP contribution in [0.5, 0.6) is 0 Å². The lowest BCUT2D eigenvalue weighted by Gasteiger charge is -2.08. The van der Waals surface area contributed by atoms with Crippen LogP contribution in [0.3, 0.4) is 0 Å². The molecule has 1 aromatic heterocycles. The van der Waals surface area contributed by atoms with Gasteiger partial charge < -0.3 is 10.1 Å². The molecule has 0 saturated heterocycles. The maximum atomic E-state index is 11.9. The zero-order chi connectivity index (χ0) is 17.4. The van der Waals surface area contributed by atoms with Crippen molar-refractivity contribution in [2.24, 2.45) is 0 Å². The lowest BCUT2D eigenvalue weighted by Crippen LogP contribution is -2.26. The van der Waals surface area contributed by atoms with E-state index in [-0.39, 0.29) is 17.6 Å². The zero-order valence-electron chi connectivity index (χ0n) is 13.8. The minimum absolute atomic E-state index is 0.0799. The smallest absolute Gasteiger partial charge is 0.305 e. The quantitative estimate of drug-likeness (QED) is 0.451. The third-order valence-corrected chi connectivity index (χ3v) is 4.29. The van der Waals surface area contributed by atoms with Crippen LogP contribution in [0.1, 0.15) is 18.4 Å². The maximum Gasteiger partial charge on any atom is 0.305 e. The number of hydrogen-bond acceptors (Lipinski definition) is 5. The molecule has 0 spiro atoms. The Morgan fingerprint density at radius 3 is 2.96 bits per heavy atom. The summed E-state index contributed by atoms with van der Waals surface area (Å²) in [5.74, 6) is -0.0661. The zero-order valence-corrected chi connectivity index (χ0v) is 14.6. The Balaban J connectivity index is 1.82. The number of imidazole rings is 1. The van der Waals surface area contributed by atoms with Gasteiger partial charge in [-0.3, -0.25) is 14.2 Å². The molecule has 0 fully saturated rings. The number of esters is 1.